The van der Waals surface area contributed by atoms with Crippen LogP contribution in [0.5, 0.6) is 11.5 Å². The maximum atomic E-state index is 11.1. The van der Waals surface area contributed by atoms with Crippen molar-refractivity contribution in [2.45, 2.75) is 57.2 Å². The molecule has 0 radical (unpaired) electrons. The van der Waals surface area contributed by atoms with Crippen molar-refractivity contribution in [1.82, 2.24) is 4.98 Å². The molecule has 1 aromatic heterocycles. The number of hydrogen-bond donors (Lipinski definition) is 1. The molecule has 0 bridgehead atoms. The molecule has 31 heavy (non-hydrogen) atoms. The van der Waals surface area contributed by atoms with Crippen LogP contribution in [0.3, 0.4) is 0 Å². The van der Waals surface area contributed by atoms with E-state index in [-0.39, 0.29) is 12.0 Å². The van der Waals surface area contributed by atoms with Crippen LogP contribution in [0.25, 0.3) is 0 Å². The molecule has 1 aliphatic carbocycles. The number of nitrogens with zero attached hydrogens (tertiary/aromatic N) is 1. The number of aromatic nitrogens is 1. The van der Waals surface area contributed by atoms with Crippen molar-refractivity contribution in [3.8, 4) is 11.5 Å². The van der Waals surface area contributed by atoms with Crippen LogP contribution in [0.4, 0.5) is 0 Å². The zero-order valence-electron chi connectivity index (χ0n) is 18.3. The number of hydrogen-bond acceptors (Lipinski definition) is 4. The summed E-state index contributed by atoms with van der Waals surface area (Å²) >= 11 is 0. The average molecular weight is 418 g/mol. The minimum Gasteiger partial charge on any atom is -0.493 e. The van der Waals surface area contributed by atoms with Gasteiger partial charge in [0, 0.05) is 24.7 Å². The molecule has 0 amide bonds. The molecule has 1 saturated carbocycles. The third-order valence-corrected chi connectivity index (χ3v) is 6.29. The van der Waals surface area contributed by atoms with Crippen LogP contribution in [-0.2, 0) is 6.42 Å². The fourth-order valence-electron chi connectivity index (χ4n) is 4.44. The molecule has 1 heterocycles. The minimum absolute atomic E-state index is 0.203. The van der Waals surface area contributed by atoms with Gasteiger partial charge in [0.25, 0.3) is 0 Å². The summed E-state index contributed by atoms with van der Waals surface area (Å²) in [5.74, 6) is 1.64. The smallest absolute Gasteiger partial charge is 0.161 e. The summed E-state index contributed by atoms with van der Waals surface area (Å²) in [6.45, 7) is 2.18. The van der Waals surface area contributed by atoms with Crippen molar-refractivity contribution in [3.63, 3.8) is 0 Å². The van der Waals surface area contributed by atoms with Crippen LogP contribution in [0.2, 0.25) is 0 Å². The van der Waals surface area contributed by atoms with Crippen molar-refractivity contribution < 1.29 is 14.6 Å². The Morgan fingerprint density at radius 2 is 1.77 bits per heavy atom. The van der Waals surface area contributed by atoms with Crippen LogP contribution >= 0.6 is 0 Å². The molecule has 4 rings (SSSR count). The summed E-state index contributed by atoms with van der Waals surface area (Å²) in [4.78, 5) is 4.35. The van der Waals surface area contributed by atoms with Crippen molar-refractivity contribution in [2.24, 2.45) is 0 Å². The molecule has 0 spiro atoms. The van der Waals surface area contributed by atoms with Crippen molar-refractivity contribution in [1.29, 1.82) is 0 Å². The first kappa shape index (κ1) is 21.4. The molecular weight excluding hydrogens is 386 g/mol. The molecule has 2 unspecified atom stereocenters. The molecule has 1 aliphatic rings. The average Bonchev–Trinajstić information content (AvgIpc) is 3.32. The SMILES string of the molecule is COc1ccc(C(O)Cc2ccncc2C(C)c2ccccc2)cc1OC1CCCC1. The van der Waals surface area contributed by atoms with Crippen LogP contribution in [-0.4, -0.2) is 23.3 Å². The normalized spacial score (nSPS) is 16.1. The molecule has 3 aromatic rings. The lowest BCUT2D eigenvalue weighted by Crippen LogP contribution is -2.12. The standard InChI is InChI=1S/C27H31NO3/c1-19(20-8-4-3-5-9-20)24-18-28-15-14-21(24)16-25(29)22-12-13-26(30-2)27(17-22)31-23-10-6-7-11-23/h3-5,8-9,12-15,17-19,23,25,29H,6-7,10-11,16H2,1-2H3. The van der Waals surface area contributed by atoms with Gasteiger partial charge in [-0.1, -0.05) is 43.3 Å². The van der Waals surface area contributed by atoms with Crippen LogP contribution in [0, 0.1) is 0 Å². The molecule has 2 atom stereocenters. The van der Waals surface area contributed by atoms with E-state index in [0.717, 1.165) is 35.3 Å². The number of benzene rings is 2. The molecule has 4 heteroatoms. The zero-order chi connectivity index (χ0) is 21.6. The maximum Gasteiger partial charge on any atom is 0.161 e. The second-order valence-corrected chi connectivity index (χ2v) is 8.36. The topological polar surface area (TPSA) is 51.6 Å². The lowest BCUT2D eigenvalue weighted by molar-refractivity contribution is 0.174. The lowest BCUT2D eigenvalue weighted by Gasteiger charge is -2.20. The molecule has 1 fully saturated rings. The summed E-state index contributed by atoms with van der Waals surface area (Å²) in [6, 6.07) is 18.2. The number of aliphatic hydroxyl groups is 1. The van der Waals surface area contributed by atoms with E-state index in [4.69, 9.17) is 9.47 Å². The zero-order valence-corrected chi connectivity index (χ0v) is 18.3. The minimum atomic E-state index is -0.638. The highest BCUT2D eigenvalue weighted by Gasteiger charge is 2.21. The van der Waals surface area contributed by atoms with Crippen molar-refractivity contribution in [3.05, 3.63) is 89.2 Å². The summed E-state index contributed by atoms with van der Waals surface area (Å²) in [5, 5.41) is 11.1. The molecular formula is C27H31NO3. The van der Waals surface area contributed by atoms with Gasteiger partial charge in [0.05, 0.1) is 19.3 Å². The highest BCUT2D eigenvalue weighted by Crippen LogP contribution is 2.35. The number of pyridine rings is 1. The van der Waals surface area contributed by atoms with Gasteiger partial charge in [0.15, 0.2) is 11.5 Å². The second-order valence-electron chi connectivity index (χ2n) is 8.36. The van der Waals surface area contributed by atoms with E-state index < -0.39 is 6.10 Å². The molecule has 1 N–H and O–H groups in total. The van der Waals surface area contributed by atoms with Gasteiger partial charge in [0.1, 0.15) is 0 Å². The summed E-state index contributed by atoms with van der Waals surface area (Å²) in [6.07, 6.45) is 8.40. The Morgan fingerprint density at radius 3 is 2.52 bits per heavy atom. The third-order valence-electron chi connectivity index (χ3n) is 6.29. The first-order valence-corrected chi connectivity index (χ1v) is 11.2. The Morgan fingerprint density at radius 1 is 1.00 bits per heavy atom. The lowest BCUT2D eigenvalue weighted by atomic mass is 9.88. The number of rotatable bonds is 8. The van der Waals surface area contributed by atoms with E-state index in [1.807, 2.05) is 36.5 Å². The molecule has 0 saturated heterocycles. The molecule has 0 aliphatic heterocycles. The Hall–Kier alpha value is -2.85. The van der Waals surface area contributed by atoms with Crippen molar-refractivity contribution >= 4 is 0 Å². The van der Waals surface area contributed by atoms with Gasteiger partial charge in [-0.3, -0.25) is 4.98 Å². The van der Waals surface area contributed by atoms with E-state index in [0.29, 0.717) is 12.2 Å². The molecule has 2 aromatic carbocycles. The van der Waals surface area contributed by atoms with E-state index in [2.05, 4.69) is 36.2 Å². The molecule has 162 valence electrons. The van der Waals surface area contributed by atoms with Crippen LogP contribution in [0.1, 0.15) is 66.9 Å². The fourth-order valence-corrected chi connectivity index (χ4v) is 4.44. The van der Waals surface area contributed by atoms with Crippen LogP contribution < -0.4 is 9.47 Å². The summed E-state index contributed by atoms with van der Waals surface area (Å²) in [5.41, 5.74) is 4.32. The van der Waals surface area contributed by atoms with E-state index in [1.165, 1.54) is 18.4 Å². The van der Waals surface area contributed by atoms with E-state index in [1.54, 1.807) is 13.3 Å². The van der Waals surface area contributed by atoms with Gasteiger partial charge in [-0.25, -0.2) is 0 Å². The van der Waals surface area contributed by atoms with Gasteiger partial charge >= 0.3 is 0 Å². The van der Waals surface area contributed by atoms with Crippen LogP contribution in [0.15, 0.2) is 67.0 Å². The highest BCUT2D eigenvalue weighted by atomic mass is 16.5. The first-order valence-electron chi connectivity index (χ1n) is 11.2. The largest absolute Gasteiger partial charge is 0.493 e. The first-order chi connectivity index (χ1) is 15.2. The quantitative estimate of drug-likeness (QED) is 0.500. The monoisotopic (exact) mass is 417 g/mol. The van der Waals surface area contributed by atoms with Gasteiger partial charge in [-0.2, -0.15) is 0 Å². The Labute approximate surface area is 184 Å². The molecule has 4 nitrogen and oxygen atoms in total. The van der Waals surface area contributed by atoms with E-state index >= 15 is 0 Å². The number of aliphatic hydroxyl groups excluding tert-OH is 1. The number of ether oxygens (including phenoxy) is 2. The highest BCUT2D eigenvalue weighted by molar-refractivity contribution is 5.44. The van der Waals surface area contributed by atoms with Gasteiger partial charge in [0.2, 0.25) is 0 Å². The van der Waals surface area contributed by atoms with Crippen molar-refractivity contribution in [2.75, 3.05) is 7.11 Å². The predicted molar refractivity (Wildman–Crippen MR) is 123 cm³/mol. The van der Waals surface area contributed by atoms with E-state index in [9.17, 15) is 5.11 Å². The van der Waals surface area contributed by atoms with Gasteiger partial charge < -0.3 is 14.6 Å². The Balaban J connectivity index is 1.55. The number of methoxy groups -OCH3 is 1. The predicted octanol–water partition coefficient (Wildman–Crippen LogP) is 5.84. The maximum absolute atomic E-state index is 11.1. The fraction of sp³-hybridized carbons (Fsp3) is 0.370. The Kier molecular flexibility index (Phi) is 6.88. The summed E-state index contributed by atoms with van der Waals surface area (Å²) < 4.78 is 11.7. The third kappa shape index (κ3) is 5.08. The van der Waals surface area contributed by atoms with Gasteiger partial charge in [-0.05, 0) is 66.1 Å². The Bertz CT molecular complexity index is 983. The second kappa shape index (κ2) is 9.97. The summed E-state index contributed by atoms with van der Waals surface area (Å²) in [7, 11) is 1.65. The van der Waals surface area contributed by atoms with Gasteiger partial charge in [-0.15, -0.1) is 0 Å².